The Bertz CT molecular complexity index is 593. The highest BCUT2D eigenvalue weighted by atomic mass is 35.5. The molecule has 23 heavy (non-hydrogen) atoms. The van der Waals surface area contributed by atoms with Crippen molar-refractivity contribution in [3.8, 4) is 0 Å². The molecule has 2 aromatic rings. The van der Waals surface area contributed by atoms with Crippen molar-refractivity contribution >= 4 is 33.8 Å². The predicted molar refractivity (Wildman–Crippen MR) is 99.7 cm³/mol. The van der Waals surface area contributed by atoms with Crippen molar-refractivity contribution in [2.24, 2.45) is 5.92 Å². The second-order valence-electron chi connectivity index (χ2n) is 6.47. The molecule has 1 saturated carbocycles. The Morgan fingerprint density at radius 3 is 3.00 bits per heavy atom. The lowest BCUT2D eigenvalue weighted by molar-refractivity contribution is 0.0524. The van der Waals surface area contributed by atoms with E-state index in [1.54, 1.807) is 0 Å². The Balaban J connectivity index is 0.00000156. The molecule has 3 nitrogen and oxygen atoms in total. The fourth-order valence-corrected chi connectivity index (χ4v) is 4.96. The molecule has 0 radical (unpaired) electrons. The molecule has 1 aromatic carbocycles. The summed E-state index contributed by atoms with van der Waals surface area (Å²) >= 11 is 1.91. The van der Waals surface area contributed by atoms with E-state index in [9.17, 15) is 0 Å². The number of benzene rings is 1. The van der Waals surface area contributed by atoms with E-state index in [0.717, 1.165) is 32.2 Å². The molecule has 1 aliphatic carbocycles. The van der Waals surface area contributed by atoms with Crippen LogP contribution in [-0.4, -0.2) is 31.8 Å². The molecule has 0 spiro atoms. The van der Waals surface area contributed by atoms with E-state index in [-0.39, 0.29) is 12.4 Å². The minimum Gasteiger partial charge on any atom is -0.379 e. The molecule has 0 bridgehead atoms. The van der Waals surface area contributed by atoms with Gasteiger partial charge in [-0.05, 0) is 36.3 Å². The van der Waals surface area contributed by atoms with E-state index in [0.29, 0.717) is 12.1 Å². The predicted octanol–water partition coefficient (Wildman–Crippen LogP) is 3.57. The Labute approximate surface area is 148 Å². The maximum Gasteiger partial charge on any atom is 0.0623 e. The summed E-state index contributed by atoms with van der Waals surface area (Å²) in [4.78, 5) is 1.44. The summed E-state index contributed by atoms with van der Waals surface area (Å²) in [6.45, 7) is 3.74. The SMILES string of the molecule is Cl.c1ccc2sc(CNC3CCCC3C3COCCN3)cc2c1. The number of fused-ring (bicyclic) bond motifs is 1. The lowest BCUT2D eigenvalue weighted by Crippen LogP contribution is -2.50. The van der Waals surface area contributed by atoms with Gasteiger partial charge in [-0.2, -0.15) is 0 Å². The van der Waals surface area contributed by atoms with Gasteiger partial charge in [0.15, 0.2) is 0 Å². The number of rotatable bonds is 4. The van der Waals surface area contributed by atoms with Crippen LogP contribution in [0.2, 0.25) is 0 Å². The number of hydrogen-bond donors (Lipinski definition) is 2. The van der Waals surface area contributed by atoms with Crippen molar-refractivity contribution in [3.63, 3.8) is 0 Å². The third kappa shape index (κ3) is 3.89. The lowest BCUT2D eigenvalue weighted by atomic mass is 9.94. The molecule has 2 N–H and O–H groups in total. The monoisotopic (exact) mass is 352 g/mol. The van der Waals surface area contributed by atoms with Gasteiger partial charge in [-0.15, -0.1) is 23.7 Å². The second kappa shape index (κ2) is 7.95. The zero-order valence-electron chi connectivity index (χ0n) is 13.3. The van der Waals surface area contributed by atoms with Gasteiger partial charge >= 0.3 is 0 Å². The van der Waals surface area contributed by atoms with E-state index in [2.05, 4.69) is 41.0 Å². The van der Waals surface area contributed by atoms with Gasteiger partial charge in [-0.3, -0.25) is 0 Å². The molecule has 4 rings (SSSR count). The molecule has 3 atom stereocenters. The third-order valence-electron chi connectivity index (χ3n) is 5.05. The Morgan fingerprint density at radius 2 is 2.17 bits per heavy atom. The summed E-state index contributed by atoms with van der Waals surface area (Å²) in [5, 5.41) is 8.84. The number of halogens is 1. The van der Waals surface area contributed by atoms with Crippen LogP contribution in [0.5, 0.6) is 0 Å². The van der Waals surface area contributed by atoms with Gasteiger partial charge < -0.3 is 15.4 Å². The number of thiophene rings is 1. The minimum atomic E-state index is 0. The molecule has 1 saturated heterocycles. The molecule has 1 aromatic heterocycles. The molecular formula is C18H25ClN2OS. The molecule has 2 fully saturated rings. The van der Waals surface area contributed by atoms with Crippen LogP contribution in [0.4, 0.5) is 0 Å². The maximum atomic E-state index is 5.66. The fraction of sp³-hybridized carbons (Fsp3) is 0.556. The smallest absolute Gasteiger partial charge is 0.0623 e. The summed E-state index contributed by atoms with van der Waals surface area (Å²) in [5.41, 5.74) is 0. The first-order chi connectivity index (χ1) is 10.9. The van der Waals surface area contributed by atoms with Crippen LogP contribution < -0.4 is 10.6 Å². The molecule has 1 aliphatic heterocycles. The summed E-state index contributed by atoms with van der Waals surface area (Å²) in [6.07, 6.45) is 3.96. The zero-order valence-corrected chi connectivity index (χ0v) is 14.9. The first-order valence-electron chi connectivity index (χ1n) is 8.42. The summed E-state index contributed by atoms with van der Waals surface area (Å²) < 4.78 is 7.05. The molecule has 0 amide bonds. The minimum absolute atomic E-state index is 0. The van der Waals surface area contributed by atoms with Crippen LogP contribution in [0.25, 0.3) is 10.1 Å². The van der Waals surface area contributed by atoms with E-state index in [1.165, 1.54) is 34.2 Å². The van der Waals surface area contributed by atoms with Gasteiger partial charge in [0.05, 0.1) is 13.2 Å². The van der Waals surface area contributed by atoms with Gasteiger partial charge in [-0.25, -0.2) is 0 Å². The maximum absolute atomic E-state index is 5.66. The zero-order chi connectivity index (χ0) is 14.8. The largest absolute Gasteiger partial charge is 0.379 e. The number of morpholine rings is 1. The quantitative estimate of drug-likeness (QED) is 0.882. The molecule has 3 unspecified atom stereocenters. The van der Waals surface area contributed by atoms with Crippen molar-refractivity contribution in [1.29, 1.82) is 0 Å². The van der Waals surface area contributed by atoms with Gasteiger partial charge in [0.25, 0.3) is 0 Å². The average molecular weight is 353 g/mol. The number of hydrogen-bond acceptors (Lipinski definition) is 4. The highest BCUT2D eigenvalue weighted by Crippen LogP contribution is 2.31. The van der Waals surface area contributed by atoms with E-state index in [1.807, 2.05) is 11.3 Å². The topological polar surface area (TPSA) is 33.3 Å². The Kier molecular flexibility index (Phi) is 5.94. The average Bonchev–Trinajstić information content (AvgIpc) is 3.20. The summed E-state index contributed by atoms with van der Waals surface area (Å²) in [6, 6.07) is 12.2. The number of nitrogens with one attached hydrogen (secondary N) is 2. The van der Waals surface area contributed by atoms with Gasteiger partial charge in [0, 0.05) is 34.8 Å². The molecule has 2 heterocycles. The molecule has 2 aliphatic rings. The third-order valence-corrected chi connectivity index (χ3v) is 6.17. The van der Waals surface area contributed by atoms with E-state index < -0.39 is 0 Å². The second-order valence-corrected chi connectivity index (χ2v) is 7.64. The normalized spacial score (nSPS) is 27.9. The van der Waals surface area contributed by atoms with Crippen molar-refractivity contribution in [2.75, 3.05) is 19.8 Å². The first kappa shape index (κ1) is 17.2. The fourth-order valence-electron chi connectivity index (χ4n) is 3.94. The summed E-state index contributed by atoms with van der Waals surface area (Å²) in [5.74, 6) is 0.717. The van der Waals surface area contributed by atoms with Crippen LogP contribution in [-0.2, 0) is 11.3 Å². The Hall–Kier alpha value is -0.650. The van der Waals surface area contributed by atoms with E-state index in [4.69, 9.17) is 4.74 Å². The highest BCUT2D eigenvalue weighted by molar-refractivity contribution is 7.19. The highest BCUT2D eigenvalue weighted by Gasteiger charge is 2.34. The molecule has 5 heteroatoms. The van der Waals surface area contributed by atoms with Gasteiger partial charge in [0.1, 0.15) is 0 Å². The number of ether oxygens (including phenoxy) is 1. The van der Waals surface area contributed by atoms with Crippen molar-refractivity contribution < 1.29 is 4.74 Å². The van der Waals surface area contributed by atoms with Crippen molar-refractivity contribution in [3.05, 3.63) is 35.2 Å². The van der Waals surface area contributed by atoms with Crippen LogP contribution in [0.3, 0.4) is 0 Å². The van der Waals surface area contributed by atoms with Crippen LogP contribution >= 0.6 is 23.7 Å². The van der Waals surface area contributed by atoms with Crippen molar-refractivity contribution in [1.82, 2.24) is 10.6 Å². The standard InChI is InChI=1S/C18H24N2OS.ClH/c1-2-7-18-13(4-1)10-14(22-18)11-20-16-6-3-5-15(16)17-12-21-9-8-19-17;/h1-2,4,7,10,15-17,19-20H,3,5-6,8-9,11-12H2;1H. The first-order valence-corrected chi connectivity index (χ1v) is 9.24. The van der Waals surface area contributed by atoms with Crippen LogP contribution in [0.15, 0.2) is 30.3 Å². The van der Waals surface area contributed by atoms with Crippen molar-refractivity contribution in [2.45, 2.75) is 37.9 Å². The van der Waals surface area contributed by atoms with E-state index >= 15 is 0 Å². The van der Waals surface area contributed by atoms with Crippen LogP contribution in [0, 0.1) is 5.92 Å². The Morgan fingerprint density at radius 1 is 1.26 bits per heavy atom. The van der Waals surface area contributed by atoms with Gasteiger partial charge in [0.2, 0.25) is 0 Å². The van der Waals surface area contributed by atoms with Gasteiger partial charge in [-0.1, -0.05) is 24.6 Å². The molecular weight excluding hydrogens is 328 g/mol. The van der Waals surface area contributed by atoms with Crippen LogP contribution in [0.1, 0.15) is 24.1 Å². The lowest BCUT2D eigenvalue weighted by Gasteiger charge is -2.33. The summed E-state index contributed by atoms with van der Waals surface area (Å²) in [7, 11) is 0. The molecule has 126 valence electrons.